The summed E-state index contributed by atoms with van der Waals surface area (Å²) in [4.78, 5) is 50.9. The Labute approximate surface area is 603 Å². The second kappa shape index (κ2) is 56.2. The standard InChI is InChI=1S/C76H135O24P/c1-5-8-11-14-17-19-21-23-25-27-29-31-33-39-44-49-60(78)92-53-57(95-62(80)51-46-41-36-35-38-43-48-56(4)47-42-37-16-13-10-7-3)54-94-101(90,91)100-74-72(98-75-70(88)65(83)63(81)58(52-77)96-75)68(86)67(85)69(87)73(74)99-76-71(89)66(84)64(82)59(97-76)55-93-61(79)50-45-40-34-32-30-28-26-24-22-20-18-15-12-9-6-2/h33-34,39-40,44-45,49-50,56-59,63-77,81-89H,5-32,35-38,41-43,46-48,51-55H2,1-4H3,(H,90,91)/b39-33+,40-34+,49-44+,50-45+. The summed E-state index contributed by atoms with van der Waals surface area (Å²) in [7, 11) is -5.73. The Bertz CT molecular complexity index is 2290. The summed E-state index contributed by atoms with van der Waals surface area (Å²) in [6.07, 6.45) is 20.2. The second-order valence-corrected chi connectivity index (χ2v) is 29.5. The van der Waals surface area contributed by atoms with E-state index in [1.807, 2.05) is 12.2 Å². The van der Waals surface area contributed by atoms with Gasteiger partial charge in [-0.15, -0.1) is 0 Å². The first-order valence-electron chi connectivity index (χ1n) is 38.9. The molecule has 101 heavy (non-hydrogen) atoms. The van der Waals surface area contributed by atoms with Crippen molar-refractivity contribution in [1.29, 1.82) is 0 Å². The molecule has 0 bridgehead atoms. The number of phosphoric acid groups is 1. The summed E-state index contributed by atoms with van der Waals surface area (Å²) >= 11 is 0. The fourth-order valence-corrected chi connectivity index (χ4v) is 13.7. The predicted octanol–water partition coefficient (Wildman–Crippen LogP) is 11.1. The maximum atomic E-state index is 14.3. The number of carbonyl (C=O) groups is 3. The highest BCUT2D eigenvalue weighted by molar-refractivity contribution is 7.47. The number of hydrogen-bond acceptors (Lipinski definition) is 23. The molecule has 1 saturated carbocycles. The van der Waals surface area contributed by atoms with Crippen molar-refractivity contribution in [2.45, 2.75) is 382 Å². The van der Waals surface area contributed by atoms with Crippen molar-refractivity contribution in [3.05, 3.63) is 48.6 Å². The number of rotatable bonds is 59. The van der Waals surface area contributed by atoms with Gasteiger partial charge in [-0.05, 0) is 38.0 Å². The van der Waals surface area contributed by atoms with Gasteiger partial charge in [-0.2, -0.15) is 0 Å². The quantitative estimate of drug-likeness (QED) is 0.00673. The van der Waals surface area contributed by atoms with Crippen molar-refractivity contribution >= 4 is 25.7 Å². The molecule has 3 fully saturated rings. The van der Waals surface area contributed by atoms with Crippen LogP contribution in [0.1, 0.15) is 278 Å². The molecule has 2 saturated heterocycles. The van der Waals surface area contributed by atoms with E-state index in [2.05, 4.69) is 27.7 Å². The summed E-state index contributed by atoms with van der Waals surface area (Å²) in [5.41, 5.74) is 0. The maximum Gasteiger partial charge on any atom is 0.472 e. The largest absolute Gasteiger partial charge is 0.472 e. The van der Waals surface area contributed by atoms with E-state index in [1.54, 1.807) is 12.2 Å². The van der Waals surface area contributed by atoms with Crippen molar-refractivity contribution < 1.29 is 117 Å². The molecule has 3 aliphatic rings. The van der Waals surface area contributed by atoms with Gasteiger partial charge in [0.25, 0.3) is 0 Å². The lowest BCUT2D eigenvalue weighted by Crippen LogP contribution is -2.69. The second-order valence-electron chi connectivity index (χ2n) is 28.1. The first-order chi connectivity index (χ1) is 48.7. The van der Waals surface area contributed by atoms with E-state index < -0.39 is 156 Å². The fourth-order valence-electron chi connectivity index (χ4n) is 12.8. The van der Waals surface area contributed by atoms with Crippen LogP contribution in [0.25, 0.3) is 0 Å². The van der Waals surface area contributed by atoms with Crippen LogP contribution in [0.3, 0.4) is 0 Å². The third-order valence-electron chi connectivity index (χ3n) is 19.2. The van der Waals surface area contributed by atoms with Gasteiger partial charge in [0, 0.05) is 18.6 Å². The van der Waals surface area contributed by atoms with Crippen LogP contribution in [0.2, 0.25) is 0 Å². The van der Waals surface area contributed by atoms with Crippen molar-refractivity contribution in [1.82, 2.24) is 0 Å². The van der Waals surface area contributed by atoms with Crippen LogP contribution >= 0.6 is 7.82 Å². The Morgan fingerprint density at radius 2 is 0.812 bits per heavy atom. The van der Waals surface area contributed by atoms with Crippen molar-refractivity contribution in [3.63, 3.8) is 0 Å². The third-order valence-corrected chi connectivity index (χ3v) is 20.2. The third kappa shape index (κ3) is 39.4. The lowest BCUT2D eigenvalue weighted by Gasteiger charge is -2.49. The summed E-state index contributed by atoms with van der Waals surface area (Å²) in [6.45, 7) is 5.56. The molecule has 24 nitrogen and oxygen atoms in total. The predicted molar refractivity (Wildman–Crippen MR) is 383 cm³/mol. The normalized spacial score (nSPS) is 27.8. The molecule has 3 rings (SSSR count). The van der Waals surface area contributed by atoms with Crippen LogP contribution in [0.4, 0.5) is 0 Å². The molecule has 0 aromatic carbocycles. The Hall–Kier alpha value is -3.08. The number of allylic oxidation sites excluding steroid dienone is 6. The summed E-state index contributed by atoms with van der Waals surface area (Å²) < 4.78 is 64.7. The van der Waals surface area contributed by atoms with Crippen molar-refractivity contribution in [2.24, 2.45) is 5.92 Å². The van der Waals surface area contributed by atoms with E-state index >= 15 is 0 Å². The van der Waals surface area contributed by atoms with E-state index in [1.165, 1.54) is 166 Å². The molecule has 588 valence electrons. The van der Waals surface area contributed by atoms with Crippen LogP contribution in [0.5, 0.6) is 0 Å². The van der Waals surface area contributed by atoms with E-state index in [4.69, 9.17) is 42.2 Å². The molecule has 19 atom stereocenters. The molecule has 0 amide bonds. The number of aliphatic hydroxyl groups is 10. The van der Waals surface area contributed by atoms with Gasteiger partial charge in [0.1, 0.15) is 98.7 Å². The van der Waals surface area contributed by atoms with Crippen LogP contribution in [-0.2, 0) is 61.2 Å². The van der Waals surface area contributed by atoms with Crippen LogP contribution in [0.15, 0.2) is 48.6 Å². The van der Waals surface area contributed by atoms with Gasteiger partial charge in [0.05, 0.1) is 13.2 Å². The summed E-state index contributed by atoms with van der Waals surface area (Å²) in [6, 6.07) is 0. The number of phosphoric ester groups is 1. The zero-order chi connectivity index (χ0) is 74.1. The average molecular weight is 1460 g/mol. The van der Waals surface area contributed by atoms with Gasteiger partial charge in [-0.25, -0.2) is 14.2 Å². The Morgan fingerprint density at radius 1 is 0.436 bits per heavy atom. The van der Waals surface area contributed by atoms with Gasteiger partial charge in [0.15, 0.2) is 18.7 Å². The molecule has 2 heterocycles. The lowest BCUT2D eigenvalue weighted by molar-refractivity contribution is -0.360. The fraction of sp³-hybridized carbons (Fsp3) is 0.855. The lowest BCUT2D eigenvalue weighted by atomic mass is 9.84. The molecule has 2 aliphatic heterocycles. The highest BCUT2D eigenvalue weighted by atomic mass is 31.2. The van der Waals surface area contributed by atoms with Crippen LogP contribution < -0.4 is 0 Å². The zero-order valence-electron chi connectivity index (χ0n) is 61.6. The highest BCUT2D eigenvalue weighted by Crippen LogP contribution is 2.49. The highest BCUT2D eigenvalue weighted by Gasteiger charge is 2.58. The van der Waals surface area contributed by atoms with Crippen LogP contribution in [0, 0.1) is 5.92 Å². The van der Waals surface area contributed by atoms with E-state index in [9.17, 15) is 74.9 Å². The smallest absolute Gasteiger partial charge is 0.460 e. The van der Waals surface area contributed by atoms with Gasteiger partial charge in [0.2, 0.25) is 0 Å². The first kappa shape index (κ1) is 92.1. The van der Waals surface area contributed by atoms with E-state index in [-0.39, 0.29) is 6.42 Å². The monoisotopic (exact) mass is 1460 g/mol. The molecular formula is C76H135O24P. The zero-order valence-corrected chi connectivity index (χ0v) is 62.5. The molecule has 0 aromatic rings. The van der Waals surface area contributed by atoms with Crippen molar-refractivity contribution in [3.8, 4) is 0 Å². The summed E-state index contributed by atoms with van der Waals surface area (Å²) in [5, 5.41) is 110. The Kier molecular flexibility index (Phi) is 51.3. The average Bonchev–Trinajstić information content (AvgIpc) is 0.761. The van der Waals surface area contributed by atoms with Crippen molar-refractivity contribution in [2.75, 3.05) is 26.4 Å². The molecule has 25 heteroatoms. The van der Waals surface area contributed by atoms with Crippen LogP contribution in [-0.4, -0.2) is 204 Å². The number of hydrogen-bond donors (Lipinski definition) is 11. The minimum absolute atomic E-state index is 0.0642. The topological polar surface area (TPSA) is 374 Å². The molecule has 11 N–H and O–H groups in total. The van der Waals surface area contributed by atoms with E-state index in [0.29, 0.717) is 18.8 Å². The number of aliphatic hydroxyl groups excluding tert-OH is 10. The van der Waals surface area contributed by atoms with Gasteiger partial charge >= 0.3 is 25.7 Å². The molecule has 0 aromatic heterocycles. The Morgan fingerprint density at radius 3 is 1.25 bits per heavy atom. The van der Waals surface area contributed by atoms with E-state index in [0.717, 1.165) is 89.2 Å². The Balaban J connectivity index is 1.77. The molecule has 0 spiro atoms. The minimum atomic E-state index is -5.73. The number of carbonyl (C=O) groups excluding carboxylic acids is 3. The molecule has 19 unspecified atom stereocenters. The first-order valence-corrected chi connectivity index (χ1v) is 40.4. The minimum Gasteiger partial charge on any atom is -0.460 e. The maximum absolute atomic E-state index is 14.3. The van der Waals surface area contributed by atoms with Gasteiger partial charge < -0.3 is 89.1 Å². The van der Waals surface area contributed by atoms with Gasteiger partial charge in [-0.1, -0.05) is 276 Å². The van der Waals surface area contributed by atoms with Gasteiger partial charge in [-0.3, -0.25) is 13.8 Å². The molecule has 0 radical (unpaired) electrons. The number of ether oxygens (including phenoxy) is 7. The summed E-state index contributed by atoms with van der Waals surface area (Å²) in [5.74, 6) is -1.81. The number of unbranched alkanes of at least 4 members (excludes halogenated alkanes) is 32. The number of esters is 3. The SMILES string of the molecule is CCCCCCCCCCCCC/C=C/C=C/C(=O)OCC(COP(=O)(O)OC1C(OC2OC(CO)C(O)C(O)C2O)C(O)C(O)C(O)C1OC1OC(COC(=O)/C=C/C=C/CCCCCCCCCCCCC)C(O)C(O)C1O)OC(=O)CCCCCCCCC(C)CCCCCCCC. The molecule has 1 aliphatic carbocycles. The molecular weight excluding hydrogens is 1330 g/mol.